The molecule has 2 atom stereocenters. The van der Waals surface area contributed by atoms with E-state index in [0.717, 1.165) is 24.0 Å². The van der Waals surface area contributed by atoms with E-state index >= 15 is 0 Å². The van der Waals surface area contributed by atoms with Gasteiger partial charge in [0.05, 0.1) is 6.42 Å². The Labute approximate surface area is 166 Å². The van der Waals surface area contributed by atoms with E-state index < -0.39 is 0 Å². The van der Waals surface area contributed by atoms with E-state index in [2.05, 4.69) is 48.5 Å². The molecule has 1 aliphatic heterocycles. The summed E-state index contributed by atoms with van der Waals surface area (Å²) >= 11 is 0. The Bertz CT molecular complexity index is 907. The third-order valence-corrected chi connectivity index (χ3v) is 5.55. The summed E-state index contributed by atoms with van der Waals surface area (Å²) in [5.41, 5.74) is 8.39. The van der Waals surface area contributed by atoms with Crippen LogP contribution in [0.4, 0.5) is 0 Å². The highest BCUT2D eigenvalue weighted by Crippen LogP contribution is 2.32. The molecule has 0 unspecified atom stereocenters. The van der Waals surface area contributed by atoms with Crippen molar-refractivity contribution in [2.24, 2.45) is 11.7 Å². The van der Waals surface area contributed by atoms with Crippen molar-refractivity contribution in [2.45, 2.75) is 12.3 Å². The van der Waals surface area contributed by atoms with Gasteiger partial charge in [-0.2, -0.15) is 0 Å². The Morgan fingerprint density at radius 2 is 1.63 bits per heavy atom. The zero-order valence-corrected chi connectivity index (χ0v) is 16.1. The van der Waals surface area contributed by atoms with Gasteiger partial charge < -0.3 is 10.6 Å². The highest BCUT2D eigenvalue weighted by Gasteiger charge is 2.35. The van der Waals surface area contributed by atoms with Gasteiger partial charge >= 0.3 is 0 Å². The van der Waals surface area contributed by atoms with Crippen LogP contribution in [0.3, 0.4) is 0 Å². The molecule has 3 nitrogen and oxygen atoms in total. The lowest BCUT2D eigenvalue weighted by atomic mass is 9.89. The van der Waals surface area contributed by atoms with E-state index in [0.29, 0.717) is 24.8 Å². The van der Waals surface area contributed by atoms with Crippen molar-refractivity contribution in [3.8, 4) is 0 Å². The van der Waals surface area contributed by atoms with Gasteiger partial charge in [-0.25, -0.2) is 0 Å². The fourth-order valence-electron chi connectivity index (χ4n) is 4.11. The number of likely N-dealkylation sites (tertiary alicyclic amines) is 1. The molecule has 0 aromatic heterocycles. The molecule has 27 heavy (non-hydrogen) atoms. The first kappa shape index (κ1) is 19.4. The first-order chi connectivity index (χ1) is 12.8. The van der Waals surface area contributed by atoms with Crippen LogP contribution in [0.5, 0.6) is 0 Å². The quantitative estimate of drug-likeness (QED) is 0.743. The summed E-state index contributed by atoms with van der Waals surface area (Å²) in [5.74, 6) is 0.852. The van der Waals surface area contributed by atoms with Crippen molar-refractivity contribution in [1.29, 1.82) is 0 Å². The molecule has 4 heteroatoms. The molecule has 0 saturated carbocycles. The van der Waals surface area contributed by atoms with Crippen LogP contribution in [0.2, 0.25) is 0 Å². The maximum atomic E-state index is 13.0. The molecule has 1 amide bonds. The molecule has 3 aromatic carbocycles. The van der Waals surface area contributed by atoms with Gasteiger partial charge in [-0.3, -0.25) is 4.79 Å². The predicted molar refractivity (Wildman–Crippen MR) is 113 cm³/mol. The lowest BCUT2D eigenvalue weighted by Gasteiger charge is -2.17. The van der Waals surface area contributed by atoms with E-state index in [9.17, 15) is 4.79 Å². The standard InChI is InChI=1S/C23H24N2O.ClH/c24-14-20-15-25(16-22(20)18-7-2-1-3-8-18)23(26)13-19-11-6-10-17-9-4-5-12-21(17)19;/h1-12,20,22H,13-16,24H2;1H/t20-,22+;/m1./s1. The monoisotopic (exact) mass is 380 g/mol. The molecule has 1 heterocycles. The summed E-state index contributed by atoms with van der Waals surface area (Å²) in [5, 5.41) is 2.35. The van der Waals surface area contributed by atoms with Crippen molar-refractivity contribution in [3.63, 3.8) is 0 Å². The number of halogens is 1. The zero-order chi connectivity index (χ0) is 17.9. The number of rotatable bonds is 4. The zero-order valence-electron chi connectivity index (χ0n) is 15.3. The maximum Gasteiger partial charge on any atom is 0.227 e. The van der Waals surface area contributed by atoms with Crippen LogP contribution in [0.25, 0.3) is 10.8 Å². The number of carbonyl (C=O) groups is 1. The second kappa shape index (κ2) is 8.55. The first-order valence-electron chi connectivity index (χ1n) is 9.25. The molecule has 2 N–H and O–H groups in total. The molecule has 0 radical (unpaired) electrons. The molecule has 1 fully saturated rings. The Morgan fingerprint density at radius 1 is 0.926 bits per heavy atom. The van der Waals surface area contributed by atoms with E-state index in [4.69, 9.17) is 5.73 Å². The topological polar surface area (TPSA) is 46.3 Å². The highest BCUT2D eigenvalue weighted by atomic mass is 35.5. The van der Waals surface area contributed by atoms with Crippen LogP contribution >= 0.6 is 12.4 Å². The van der Waals surface area contributed by atoms with Gasteiger partial charge in [-0.1, -0.05) is 72.8 Å². The number of hydrogen-bond donors (Lipinski definition) is 1. The van der Waals surface area contributed by atoms with Gasteiger partial charge in [0, 0.05) is 19.0 Å². The maximum absolute atomic E-state index is 13.0. The second-order valence-corrected chi connectivity index (χ2v) is 7.13. The number of amides is 1. The molecule has 0 aliphatic carbocycles. The summed E-state index contributed by atoms with van der Waals surface area (Å²) < 4.78 is 0. The van der Waals surface area contributed by atoms with Gasteiger partial charge in [0.1, 0.15) is 0 Å². The molecule has 3 aromatic rings. The number of nitrogens with zero attached hydrogens (tertiary/aromatic N) is 1. The fraction of sp³-hybridized carbons (Fsp3) is 0.261. The molecule has 0 bridgehead atoms. The molecule has 0 spiro atoms. The average Bonchev–Trinajstić information content (AvgIpc) is 3.14. The van der Waals surface area contributed by atoms with Crippen LogP contribution in [0.1, 0.15) is 17.0 Å². The number of benzene rings is 3. The minimum Gasteiger partial charge on any atom is -0.341 e. The summed E-state index contributed by atoms with van der Waals surface area (Å²) in [7, 11) is 0. The Hall–Kier alpha value is -2.36. The third kappa shape index (κ3) is 4.00. The third-order valence-electron chi connectivity index (χ3n) is 5.55. The Morgan fingerprint density at radius 3 is 2.41 bits per heavy atom. The van der Waals surface area contributed by atoms with E-state index in [1.807, 2.05) is 29.2 Å². The van der Waals surface area contributed by atoms with E-state index in [1.54, 1.807) is 0 Å². The summed E-state index contributed by atoms with van der Waals surface area (Å²) in [6.07, 6.45) is 0.445. The smallest absolute Gasteiger partial charge is 0.227 e. The van der Waals surface area contributed by atoms with Crippen molar-refractivity contribution in [1.82, 2.24) is 4.90 Å². The van der Waals surface area contributed by atoms with Crippen LogP contribution in [0.15, 0.2) is 72.8 Å². The van der Waals surface area contributed by atoms with E-state index in [1.165, 1.54) is 10.9 Å². The molecule has 1 saturated heterocycles. The molecular weight excluding hydrogens is 356 g/mol. The van der Waals surface area contributed by atoms with Crippen molar-refractivity contribution in [3.05, 3.63) is 83.9 Å². The fourth-order valence-corrected chi connectivity index (χ4v) is 4.11. The first-order valence-corrected chi connectivity index (χ1v) is 9.25. The summed E-state index contributed by atoms with van der Waals surface area (Å²) in [6.45, 7) is 2.12. The molecular formula is C23H25ClN2O. The van der Waals surface area contributed by atoms with E-state index in [-0.39, 0.29) is 18.3 Å². The normalized spacial score (nSPS) is 19.1. The second-order valence-electron chi connectivity index (χ2n) is 7.13. The van der Waals surface area contributed by atoms with Crippen LogP contribution in [0, 0.1) is 5.92 Å². The van der Waals surface area contributed by atoms with Crippen molar-refractivity contribution < 1.29 is 4.79 Å². The van der Waals surface area contributed by atoms with Crippen LogP contribution in [-0.4, -0.2) is 30.4 Å². The van der Waals surface area contributed by atoms with Gasteiger partial charge in [0.25, 0.3) is 0 Å². The SMILES string of the molecule is Cl.NC[C@@H]1CN(C(=O)Cc2cccc3ccccc23)C[C@H]1c1ccccc1. The summed E-state index contributed by atoms with van der Waals surface area (Å²) in [4.78, 5) is 15.0. The van der Waals surface area contributed by atoms with Gasteiger partial charge in [0.2, 0.25) is 5.91 Å². The predicted octanol–water partition coefficient (Wildman–Crippen LogP) is 4.01. The molecule has 140 valence electrons. The minimum absolute atomic E-state index is 0. The lowest BCUT2D eigenvalue weighted by Crippen LogP contribution is -2.31. The number of hydrogen-bond acceptors (Lipinski definition) is 2. The van der Waals surface area contributed by atoms with Crippen LogP contribution < -0.4 is 5.73 Å². The Balaban J connectivity index is 0.00000210. The van der Waals surface area contributed by atoms with Crippen molar-refractivity contribution >= 4 is 29.1 Å². The number of fused-ring (bicyclic) bond motifs is 1. The Kier molecular flexibility index (Phi) is 6.15. The largest absolute Gasteiger partial charge is 0.341 e. The van der Waals surface area contributed by atoms with Gasteiger partial charge in [0.15, 0.2) is 0 Å². The molecule has 1 aliphatic rings. The summed E-state index contributed by atoms with van der Waals surface area (Å²) in [6, 6.07) is 24.9. The lowest BCUT2D eigenvalue weighted by molar-refractivity contribution is -0.129. The van der Waals surface area contributed by atoms with Crippen LogP contribution in [-0.2, 0) is 11.2 Å². The van der Waals surface area contributed by atoms with Gasteiger partial charge in [-0.15, -0.1) is 12.4 Å². The number of carbonyl (C=O) groups excluding carboxylic acids is 1. The van der Waals surface area contributed by atoms with Gasteiger partial charge in [-0.05, 0) is 34.4 Å². The molecule has 4 rings (SSSR count). The highest BCUT2D eigenvalue weighted by molar-refractivity contribution is 5.90. The number of nitrogens with two attached hydrogens (primary N) is 1. The average molecular weight is 381 g/mol. The minimum atomic E-state index is 0. The van der Waals surface area contributed by atoms with Crippen molar-refractivity contribution in [2.75, 3.05) is 19.6 Å².